The quantitative estimate of drug-likeness (QED) is 0.702. The van der Waals surface area contributed by atoms with Crippen molar-refractivity contribution < 1.29 is 13.5 Å². The fourth-order valence-electron chi connectivity index (χ4n) is 0.689. The van der Waals surface area contributed by atoms with Gasteiger partial charge in [-0.1, -0.05) is 6.08 Å². The second-order valence-corrected chi connectivity index (χ2v) is 2.13. The van der Waals surface area contributed by atoms with Crippen molar-refractivity contribution in [1.82, 2.24) is 5.32 Å². The molecular weight excluding hydrogens is 164 g/mol. The summed E-state index contributed by atoms with van der Waals surface area (Å²) in [5.41, 5.74) is 0. The van der Waals surface area contributed by atoms with Crippen LogP contribution in [0.1, 0.15) is 0 Å². The van der Waals surface area contributed by atoms with E-state index in [1.165, 1.54) is 6.20 Å². The molecule has 0 aromatic carbocycles. The van der Waals surface area contributed by atoms with Crippen LogP contribution >= 0.6 is 0 Å². The lowest BCUT2D eigenvalue weighted by Crippen LogP contribution is -2.04. The fourth-order valence-corrected chi connectivity index (χ4v) is 0.689. The zero-order valence-corrected chi connectivity index (χ0v) is 6.34. The van der Waals surface area contributed by atoms with Gasteiger partial charge in [0.05, 0.1) is 0 Å². The fraction of sp³-hybridized carbons (Fsp3) is 0.250. The first-order chi connectivity index (χ1) is 5.79. The van der Waals surface area contributed by atoms with Crippen molar-refractivity contribution in [1.29, 1.82) is 0 Å². The van der Waals surface area contributed by atoms with Gasteiger partial charge >= 0.3 is 0 Å². The van der Waals surface area contributed by atoms with Crippen LogP contribution in [0.25, 0.3) is 0 Å². The van der Waals surface area contributed by atoms with Crippen molar-refractivity contribution in [2.24, 2.45) is 0 Å². The van der Waals surface area contributed by atoms with Crippen molar-refractivity contribution in [3.05, 3.63) is 36.4 Å². The maximum absolute atomic E-state index is 11.7. The third kappa shape index (κ3) is 3.18. The molecule has 66 valence electrons. The number of nitrogens with one attached hydrogen (secondary N) is 1. The standard InChI is InChI=1S/C8H9F2NO/c9-8(10)6-12-7-3-1-2-4-11-5-7/h1-5,8,11H,6H2. The molecule has 1 aliphatic rings. The van der Waals surface area contributed by atoms with E-state index in [1.807, 2.05) is 0 Å². The minimum atomic E-state index is -2.43. The summed E-state index contributed by atoms with van der Waals surface area (Å²) < 4.78 is 28.1. The predicted octanol–water partition coefficient (Wildman–Crippen LogP) is 1.78. The Bertz CT molecular complexity index is 221. The Kier molecular flexibility index (Phi) is 3.32. The van der Waals surface area contributed by atoms with Crippen LogP contribution in [0.4, 0.5) is 8.78 Å². The van der Waals surface area contributed by atoms with Gasteiger partial charge in [0.25, 0.3) is 6.43 Å². The number of alkyl halides is 2. The summed E-state index contributed by atoms with van der Waals surface area (Å²) in [6.45, 7) is -0.572. The van der Waals surface area contributed by atoms with Gasteiger partial charge in [0, 0.05) is 12.4 Å². The van der Waals surface area contributed by atoms with Gasteiger partial charge in [-0.2, -0.15) is 0 Å². The van der Waals surface area contributed by atoms with Crippen molar-refractivity contribution in [2.45, 2.75) is 6.43 Å². The smallest absolute Gasteiger partial charge is 0.272 e. The van der Waals surface area contributed by atoms with Crippen LogP contribution in [0.3, 0.4) is 0 Å². The molecule has 12 heavy (non-hydrogen) atoms. The van der Waals surface area contributed by atoms with Gasteiger partial charge in [0.15, 0.2) is 0 Å². The molecule has 0 bridgehead atoms. The molecule has 0 amide bonds. The molecule has 0 saturated heterocycles. The highest BCUT2D eigenvalue weighted by atomic mass is 19.3. The normalized spacial score (nSPS) is 15.4. The van der Waals surface area contributed by atoms with E-state index in [-0.39, 0.29) is 0 Å². The molecule has 0 spiro atoms. The Morgan fingerprint density at radius 1 is 1.42 bits per heavy atom. The first kappa shape index (κ1) is 8.77. The molecule has 1 rings (SSSR count). The highest BCUT2D eigenvalue weighted by Crippen LogP contribution is 2.04. The van der Waals surface area contributed by atoms with E-state index in [0.717, 1.165) is 0 Å². The Morgan fingerprint density at radius 2 is 2.25 bits per heavy atom. The average molecular weight is 173 g/mol. The molecule has 0 aromatic rings. The SMILES string of the molecule is FC(F)COC1=CNC=CC=C1. The number of hydrogen-bond donors (Lipinski definition) is 1. The van der Waals surface area contributed by atoms with Crippen LogP contribution in [0.5, 0.6) is 0 Å². The second-order valence-electron chi connectivity index (χ2n) is 2.13. The molecule has 1 aliphatic heterocycles. The summed E-state index contributed by atoms with van der Waals surface area (Å²) in [4.78, 5) is 0. The summed E-state index contributed by atoms with van der Waals surface area (Å²) in [5, 5.41) is 2.75. The predicted molar refractivity (Wildman–Crippen MR) is 41.5 cm³/mol. The third-order valence-corrected chi connectivity index (χ3v) is 1.17. The van der Waals surface area contributed by atoms with Crippen molar-refractivity contribution in [3.63, 3.8) is 0 Å². The van der Waals surface area contributed by atoms with E-state index in [9.17, 15) is 8.78 Å². The van der Waals surface area contributed by atoms with E-state index >= 15 is 0 Å². The molecular formula is C8H9F2NO. The summed E-state index contributed by atoms with van der Waals surface area (Å²) in [5.74, 6) is 0.403. The molecule has 0 aromatic heterocycles. The van der Waals surface area contributed by atoms with E-state index < -0.39 is 13.0 Å². The molecule has 0 aliphatic carbocycles. The topological polar surface area (TPSA) is 21.3 Å². The maximum atomic E-state index is 11.7. The van der Waals surface area contributed by atoms with Crippen LogP contribution in [-0.4, -0.2) is 13.0 Å². The maximum Gasteiger partial charge on any atom is 0.272 e. The van der Waals surface area contributed by atoms with Crippen LogP contribution in [0.2, 0.25) is 0 Å². The van der Waals surface area contributed by atoms with Gasteiger partial charge in [-0.25, -0.2) is 8.78 Å². The van der Waals surface area contributed by atoms with E-state index in [2.05, 4.69) is 5.32 Å². The van der Waals surface area contributed by atoms with Gasteiger partial charge in [-0.15, -0.1) is 0 Å². The lowest BCUT2D eigenvalue weighted by molar-refractivity contribution is 0.0522. The summed E-state index contributed by atoms with van der Waals surface area (Å²) in [6.07, 6.45) is 5.82. The highest BCUT2D eigenvalue weighted by molar-refractivity contribution is 5.20. The molecule has 4 heteroatoms. The van der Waals surface area contributed by atoms with E-state index in [1.54, 1.807) is 24.4 Å². The van der Waals surface area contributed by atoms with Gasteiger partial charge in [0.2, 0.25) is 0 Å². The number of ether oxygens (including phenoxy) is 1. The van der Waals surface area contributed by atoms with Crippen LogP contribution in [0, 0.1) is 0 Å². The van der Waals surface area contributed by atoms with Gasteiger partial charge in [-0.3, -0.25) is 0 Å². The molecule has 0 atom stereocenters. The first-order valence-corrected chi connectivity index (χ1v) is 3.49. The summed E-state index contributed by atoms with van der Waals surface area (Å²) in [6, 6.07) is 0. The summed E-state index contributed by atoms with van der Waals surface area (Å²) in [7, 11) is 0. The zero-order valence-electron chi connectivity index (χ0n) is 6.34. The molecule has 1 N–H and O–H groups in total. The highest BCUT2D eigenvalue weighted by Gasteiger charge is 2.03. The first-order valence-electron chi connectivity index (χ1n) is 3.49. The third-order valence-electron chi connectivity index (χ3n) is 1.17. The molecule has 0 fully saturated rings. The molecule has 1 heterocycles. The van der Waals surface area contributed by atoms with E-state index in [0.29, 0.717) is 5.76 Å². The monoisotopic (exact) mass is 173 g/mol. The Balaban J connectivity index is 2.37. The van der Waals surface area contributed by atoms with Crippen molar-refractivity contribution in [3.8, 4) is 0 Å². The van der Waals surface area contributed by atoms with Gasteiger partial charge < -0.3 is 10.1 Å². The second kappa shape index (κ2) is 4.54. The number of hydrogen-bond acceptors (Lipinski definition) is 2. The van der Waals surface area contributed by atoms with Gasteiger partial charge in [0.1, 0.15) is 12.4 Å². The Morgan fingerprint density at radius 3 is 3.00 bits per heavy atom. The number of allylic oxidation sites excluding steroid dienone is 3. The lowest BCUT2D eigenvalue weighted by Gasteiger charge is -2.04. The largest absolute Gasteiger partial charge is 0.486 e. The molecule has 2 nitrogen and oxygen atoms in total. The van der Waals surface area contributed by atoms with Crippen molar-refractivity contribution in [2.75, 3.05) is 6.61 Å². The molecule has 0 radical (unpaired) electrons. The summed E-state index contributed by atoms with van der Waals surface area (Å²) >= 11 is 0. The minimum Gasteiger partial charge on any atom is -0.486 e. The zero-order chi connectivity index (χ0) is 8.81. The van der Waals surface area contributed by atoms with Crippen molar-refractivity contribution >= 4 is 0 Å². The number of halogens is 2. The Hall–Kier alpha value is -1.32. The van der Waals surface area contributed by atoms with E-state index in [4.69, 9.17) is 4.74 Å². The molecule has 0 saturated carbocycles. The van der Waals surface area contributed by atoms with Crippen LogP contribution in [-0.2, 0) is 4.74 Å². The average Bonchev–Trinajstić information content (AvgIpc) is 2.28. The molecule has 0 unspecified atom stereocenters. The van der Waals surface area contributed by atoms with Crippen LogP contribution < -0.4 is 5.32 Å². The Labute approximate surface area is 69.2 Å². The number of rotatable bonds is 3. The van der Waals surface area contributed by atoms with Gasteiger partial charge in [-0.05, 0) is 12.2 Å². The minimum absolute atomic E-state index is 0.403. The van der Waals surface area contributed by atoms with Crippen LogP contribution in [0.15, 0.2) is 36.4 Å². The lowest BCUT2D eigenvalue weighted by atomic mass is 10.4.